The third kappa shape index (κ3) is 4.59. The summed E-state index contributed by atoms with van der Waals surface area (Å²) < 4.78 is 18.7. The number of halogens is 1. The molecule has 3 N–H and O–H groups in total. The zero-order chi connectivity index (χ0) is 23.4. The molecule has 0 aliphatic heterocycles. The predicted octanol–water partition coefficient (Wildman–Crippen LogP) is 4.44. The van der Waals surface area contributed by atoms with E-state index >= 15 is 0 Å². The van der Waals surface area contributed by atoms with Gasteiger partial charge in [-0.1, -0.05) is 48.5 Å². The Hall–Kier alpha value is -4.46. The lowest BCUT2D eigenvalue weighted by Gasteiger charge is -2.16. The molecule has 0 fully saturated rings. The Morgan fingerprint density at radius 3 is 2.45 bits per heavy atom. The van der Waals surface area contributed by atoms with Crippen molar-refractivity contribution in [3.05, 3.63) is 94.9 Å². The first-order valence-corrected chi connectivity index (χ1v) is 10.0. The van der Waals surface area contributed by atoms with Crippen molar-refractivity contribution < 1.29 is 23.8 Å². The van der Waals surface area contributed by atoms with E-state index in [-0.39, 0.29) is 17.1 Å². The van der Waals surface area contributed by atoms with Gasteiger partial charge in [-0.05, 0) is 41.5 Å². The summed E-state index contributed by atoms with van der Waals surface area (Å²) in [6.07, 6.45) is 3.48. The van der Waals surface area contributed by atoms with Crippen LogP contribution in [0.3, 0.4) is 0 Å². The van der Waals surface area contributed by atoms with Crippen molar-refractivity contribution in [1.29, 1.82) is 0 Å². The molecule has 1 amide bonds. The minimum atomic E-state index is -1.22. The Labute approximate surface area is 188 Å². The van der Waals surface area contributed by atoms with Crippen LogP contribution >= 0.6 is 0 Å². The largest absolute Gasteiger partial charge is 0.495 e. The van der Waals surface area contributed by atoms with E-state index in [2.05, 4.69) is 15.5 Å². The summed E-state index contributed by atoms with van der Waals surface area (Å²) in [6, 6.07) is 16.4. The second kappa shape index (κ2) is 9.35. The van der Waals surface area contributed by atoms with Gasteiger partial charge in [0.2, 0.25) is 0 Å². The summed E-state index contributed by atoms with van der Waals surface area (Å²) in [6.45, 7) is 0. The molecule has 33 heavy (non-hydrogen) atoms. The zero-order valence-electron chi connectivity index (χ0n) is 17.6. The quantitative estimate of drug-likeness (QED) is 0.390. The fourth-order valence-electron chi connectivity index (χ4n) is 3.51. The normalized spacial score (nSPS) is 12.1. The van der Waals surface area contributed by atoms with Crippen LogP contribution in [0.2, 0.25) is 0 Å². The highest BCUT2D eigenvalue weighted by atomic mass is 19.1. The topological polar surface area (TPSA) is 104 Å². The number of H-pyrrole nitrogens is 1. The standard InChI is InChI=1S/C25H20FN3O4/c1-33-23-18(24(30)27-22(25(31)32)16-5-3-2-4-6-16)12-14-20-21(23)19(28-29-20)13-9-15-7-10-17(26)11-8-15/h2-14,22H,1H3,(H,27,30)(H,28,29)(H,31,32)/t22-/m0/s1. The number of methoxy groups -OCH3 is 1. The van der Waals surface area contributed by atoms with Gasteiger partial charge in [-0.15, -0.1) is 0 Å². The van der Waals surface area contributed by atoms with Crippen LogP contribution in [0.1, 0.15) is 33.2 Å². The Kier molecular flexibility index (Phi) is 6.17. The van der Waals surface area contributed by atoms with E-state index in [0.29, 0.717) is 22.2 Å². The Balaban J connectivity index is 1.69. The molecule has 4 aromatic rings. The van der Waals surface area contributed by atoms with E-state index in [0.717, 1.165) is 5.56 Å². The van der Waals surface area contributed by atoms with Crippen LogP contribution in [0.4, 0.5) is 4.39 Å². The van der Waals surface area contributed by atoms with Crippen LogP contribution in [0.15, 0.2) is 66.7 Å². The maximum atomic E-state index is 13.1. The van der Waals surface area contributed by atoms with Crippen molar-refractivity contribution in [2.75, 3.05) is 7.11 Å². The lowest BCUT2D eigenvalue weighted by molar-refractivity contribution is -0.139. The number of ether oxygens (including phenoxy) is 1. The first kappa shape index (κ1) is 21.8. The van der Waals surface area contributed by atoms with E-state index in [1.807, 2.05) is 0 Å². The highest BCUT2D eigenvalue weighted by Crippen LogP contribution is 2.32. The van der Waals surface area contributed by atoms with Crippen molar-refractivity contribution in [2.24, 2.45) is 0 Å². The van der Waals surface area contributed by atoms with Crippen molar-refractivity contribution in [2.45, 2.75) is 6.04 Å². The van der Waals surface area contributed by atoms with Gasteiger partial charge in [-0.3, -0.25) is 9.89 Å². The molecule has 0 saturated carbocycles. The van der Waals surface area contributed by atoms with E-state index in [4.69, 9.17) is 4.74 Å². The zero-order valence-corrected chi connectivity index (χ0v) is 17.6. The summed E-state index contributed by atoms with van der Waals surface area (Å²) in [4.78, 5) is 24.9. The molecule has 0 unspecified atom stereocenters. The third-order valence-corrected chi connectivity index (χ3v) is 5.12. The molecule has 1 atom stereocenters. The van der Waals surface area contributed by atoms with Gasteiger partial charge in [0.25, 0.3) is 5.91 Å². The number of aliphatic carboxylic acids is 1. The minimum absolute atomic E-state index is 0.171. The van der Waals surface area contributed by atoms with E-state index in [9.17, 15) is 19.1 Å². The lowest BCUT2D eigenvalue weighted by Crippen LogP contribution is -2.34. The first-order chi connectivity index (χ1) is 16.0. The van der Waals surface area contributed by atoms with Gasteiger partial charge in [0.05, 0.1) is 29.3 Å². The average molecular weight is 445 g/mol. The second-order valence-electron chi connectivity index (χ2n) is 7.22. The van der Waals surface area contributed by atoms with E-state index < -0.39 is 17.9 Å². The summed E-state index contributed by atoms with van der Waals surface area (Å²) in [7, 11) is 1.43. The van der Waals surface area contributed by atoms with Gasteiger partial charge < -0.3 is 15.2 Å². The molecule has 3 aromatic carbocycles. The van der Waals surface area contributed by atoms with Crippen molar-refractivity contribution >= 4 is 34.9 Å². The lowest BCUT2D eigenvalue weighted by atomic mass is 10.0. The number of nitrogens with one attached hydrogen (secondary N) is 2. The number of fused-ring (bicyclic) bond motifs is 1. The van der Waals surface area contributed by atoms with E-state index in [1.54, 1.807) is 66.7 Å². The fraction of sp³-hybridized carbons (Fsp3) is 0.0800. The molecule has 7 nitrogen and oxygen atoms in total. The van der Waals surface area contributed by atoms with Crippen molar-refractivity contribution in [3.63, 3.8) is 0 Å². The van der Waals surface area contributed by atoms with Crippen LogP contribution < -0.4 is 10.1 Å². The molecule has 166 valence electrons. The molecular weight excluding hydrogens is 425 g/mol. The molecule has 0 saturated heterocycles. The molecule has 0 bridgehead atoms. The van der Waals surface area contributed by atoms with Gasteiger partial charge in [-0.25, -0.2) is 9.18 Å². The highest BCUT2D eigenvalue weighted by Gasteiger charge is 2.25. The summed E-state index contributed by atoms with van der Waals surface area (Å²) in [5, 5.41) is 19.9. The molecule has 1 heterocycles. The maximum Gasteiger partial charge on any atom is 0.330 e. The van der Waals surface area contributed by atoms with Crippen LogP contribution in [-0.4, -0.2) is 34.3 Å². The van der Waals surface area contributed by atoms with Crippen molar-refractivity contribution in [1.82, 2.24) is 15.5 Å². The Bertz CT molecular complexity index is 1330. The number of carboxylic acids is 1. The van der Waals surface area contributed by atoms with Gasteiger partial charge in [0.15, 0.2) is 6.04 Å². The smallest absolute Gasteiger partial charge is 0.330 e. The summed E-state index contributed by atoms with van der Waals surface area (Å²) in [5.74, 6) is -1.85. The van der Waals surface area contributed by atoms with Crippen LogP contribution in [0.5, 0.6) is 5.75 Å². The minimum Gasteiger partial charge on any atom is -0.495 e. The predicted molar refractivity (Wildman–Crippen MR) is 122 cm³/mol. The molecule has 0 aliphatic carbocycles. The molecule has 0 spiro atoms. The number of amides is 1. The number of carboxylic acid groups (broad SMARTS) is 1. The van der Waals surface area contributed by atoms with Crippen LogP contribution in [-0.2, 0) is 4.79 Å². The number of carbonyl (C=O) groups is 2. The van der Waals surface area contributed by atoms with Crippen molar-refractivity contribution in [3.8, 4) is 5.75 Å². The van der Waals surface area contributed by atoms with Gasteiger partial charge in [0.1, 0.15) is 11.6 Å². The number of rotatable bonds is 7. The van der Waals surface area contributed by atoms with Crippen LogP contribution in [0.25, 0.3) is 23.1 Å². The van der Waals surface area contributed by atoms with Gasteiger partial charge in [-0.2, -0.15) is 5.10 Å². The maximum absolute atomic E-state index is 13.1. The molecular formula is C25H20FN3O4. The summed E-state index contributed by atoms with van der Waals surface area (Å²) >= 11 is 0. The number of carbonyl (C=O) groups excluding carboxylic acids is 1. The number of hydrogen-bond acceptors (Lipinski definition) is 4. The fourth-order valence-corrected chi connectivity index (χ4v) is 3.51. The van der Waals surface area contributed by atoms with Gasteiger partial charge >= 0.3 is 5.97 Å². The number of hydrogen-bond donors (Lipinski definition) is 3. The Morgan fingerprint density at radius 1 is 1.06 bits per heavy atom. The SMILES string of the molecule is COc1c(C(=O)N[C@H](C(=O)O)c2ccccc2)ccc2[nH]nc(C=Cc3ccc(F)cc3)c12. The monoisotopic (exact) mass is 445 g/mol. The van der Waals surface area contributed by atoms with Gasteiger partial charge in [0, 0.05) is 0 Å². The van der Waals surface area contributed by atoms with E-state index in [1.165, 1.54) is 19.2 Å². The first-order valence-electron chi connectivity index (χ1n) is 10.0. The summed E-state index contributed by atoms with van der Waals surface area (Å²) in [5.41, 5.74) is 2.54. The molecule has 1 aromatic heterocycles. The number of aromatic amines is 1. The Morgan fingerprint density at radius 2 is 1.79 bits per heavy atom. The number of benzene rings is 3. The van der Waals surface area contributed by atoms with Crippen LogP contribution in [0, 0.1) is 5.82 Å². The number of nitrogens with zero attached hydrogens (tertiary/aromatic N) is 1. The number of aromatic nitrogens is 2. The average Bonchev–Trinajstić information content (AvgIpc) is 3.25. The third-order valence-electron chi connectivity index (χ3n) is 5.12. The molecule has 0 radical (unpaired) electrons. The molecule has 4 rings (SSSR count). The molecule has 0 aliphatic rings. The molecule has 8 heteroatoms. The second-order valence-corrected chi connectivity index (χ2v) is 7.22. The highest BCUT2D eigenvalue weighted by molar-refractivity contribution is 6.06.